The third kappa shape index (κ3) is 3.03. The van der Waals surface area contributed by atoms with E-state index in [-0.39, 0.29) is 0 Å². The molecule has 4 aromatic heterocycles. The van der Waals surface area contributed by atoms with Crippen molar-refractivity contribution in [2.24, 2.45) is 0 Å². The molecule has 0 saturated heterocycles. The zero-order chi connectivity index (χ0) is 17.1. The molecule has 0 aliphatic heterocycles. The molecule has 0 bridgehead atoms. The van der Waals surface area contributed by atoms with Crippen molar-refractivity contribution in [1.82, 2.24) is 19.9 Å². The van der Waals surface area contributed by atoms with Gasteiger partial charge in [0.05, 0.1) is 0 Å². The van der Waals surface area contributed by atoms with Crippen molar-refractivity contribution in [3.8, 4) is 17.2 Å². The van der Waals surface area contributed by atoms with Gasteiger partial charge < -0.3 is 10.3 Å². The smallest absolute Gasteiger partial charge is 0.140 e. The minimum absolute atomic E-state index is 0.401. The zero-order valence-corrected chi connectivity index (χ0v) is 13.3. The molecule has 6 nitrogen and oxygen atoms in total. The van der Waals surface area contributed by atoms with Crippen LogP contribution >= 0.6 is 0 Å². The fourth-order valence-electron chi connectivity index (χ4n) is 2.68. The molecule has 6 heteroatoms. The van der Waals surface area contributed by atoms with Gasteiger partial charge in [-0.15, -0.1) is 0 Å². The third-order valence-corrected chi connectivity index (χ3v) is 3.91. The first kappa shape index (κ1) is 14.8. The molecule has 4 aromatic rings. The molecule has 0 spiro atoms. The van der Waals surface area contributed by atoms with Crippen LogP contribution in [0.25, 0.3) is 22.2 Å². The summed E-state index contributed by atoms with van der Waals surface area (Å²) < 4.78 is 0. The van der Waals surface area contributed by atoms with Crippen LogP contribution in [-0.4, -0.2) is 19.9 Å². The first-order chi connectivity index (χ1) is 12.3. The molecule has 0 saturated carbocycles. The van der Waals surface area contributed by atoms with Crippen LogP contribution in [0, 0.1) is 11.3 Å². The van der Waals surface area contributed by atoms with Gasteiger partial charge in [0.25, 0.3) is 0 Å². The number of aromatic amines is 1. The van der Waals surface area contributed by atoms with E-state index in [4.69, 9.17) is 5.26 Å². The van der Waals surface area contributed by atoms with Gasteiger partial charge in [0, 0.05) is 42.3 Å². The highest BCUT2D eigenvalue weighted by molar-refractivity contribution is 5.94. The summed E-state index contributed by atoms with van der Waals surface area (Å²) in [6.07, 6.45) is 7.16. The van der Waals surface area contributed by atoms with E-state index in [0.29, 0.717) is 12.2 Å². The van der Waals surface area contributed by atoms with Crippen molar-refractivity contribution < 1.29 is 0 Å². The number of anilines is 1. The second-order valence-electron chi connectivity index (χ2n) is 5.55. The molecule has 4 rings (SSSR count). The number of fused-ring (bicyclic) bond motifs is 1. The minimum Gasteiger partial charge on any atom is -0.366 e. The molecule has 0 amide bonds. The van der Waals surface area contributed by atoms with Gasteiger partial charge in [0.2, 0.25) is 0 Å². The summed E-state index contributed by atoms with van der Waals surface area (Å²) in [5.74, 6) is 0.762. The average Bonchev–Trinajstić information content (AvgIpc) is 3.15. The predicted molar refractivity (Wildman–Crippen MR) is 95.6 cm³/mol. The summed E-state index contributed by atoms with van der Waals surface area (Å²) in [4.78, 5) is 16.1. The minimum atomic E-state index is 0.401. The molecule has 0 aromatic carbocycles. The number of hydrogen-bond donors (Lipinski definition) is 2. The highest BCUT2D eigenvalue weighted by atomic mass is 15.0. The highest BCUT2D eigenvalue weighted by Gasteiger charge is 2.09. The van der Waals surface area contributed by atoms with E-state index in [1.165, 1.54) is 0 Å². The van der Waals surface area contributed by atoms with E-state index in [0.717, 1.165) is 33.5 Å². The molecule has 0 unspecified atom stereocenters. The molecule has 0 aliphatic carbocycles. The number of nitrogens with one attached hydrogen (secondary N) is 2. The topological polar surface area (TPSA) is 90.3 Å². The number of nitriles is 1. The lowest BCUT2D eigenvalue weighted by atomic mass is 10.1. The fourth-order valence-corrected chi connectivity index (χ4v) is 2.68. The van der Waals surface area contributed by atoms with Gasteiger partial charge in [0.15, 0.2) is 0 Å². The van der Waals surface area contributed by atoms with Gasteiger partial charge in [0.1, 0.15) is 23.2 Å². The van der Waals surface area contributed by atoms with Crippen molar-refractivity contribution in [1.29, 1.82) is 5.26 Å². The monoisotopic (exact) mass is 326 g/mol. The first-order valence-electron chi connectivity index (χ1n) is 7.81. The number of aromatic nitrogens is 4. The lowest BCUT2D eigenvalue weighted by molar-refractivity contribution is 1.09. The predicted octanol–water partition coefficient (Wildman–Crippen LogP) is 3.50. The van der Waals surface area contributed by atoms with E-state index in [1.54, 1.807) is 18.5 Å². The van der Waals surface area contributed by atoms with E-state index in [1.807, 2.05) is 48.8 Å². The second-order valence-corrected chi connectivity index (χ2v) is 5.55. The Morgan fingerprint density at radius 2 is 2.12 bits per heavy atom. The Balaban J connectivity index is 1.70. The third-order valence-electron chi connectivity index (χ3n) is 3.91. The van der Waals surface area contributed by atoms with Crippen LogP contribution in [0.3, 0.4) is 0 Å². The van der Waals surface area contributed by atoms with Crippen LogP contribution in [0.4, 0.5) is 5.82 Å². The van der Waals surface area contributed by atoms with E-state index >= 15 is 0 Å². The van der Waals surface area contributed by atoms with Crippen LogP contribution < -0.4 is 5.32 Å². The number of hydrogen-bond acceptors (Lipinski definition) is 5. The number of H-pyrrole nitrogens is 1. The molecule has 0 atom stereocenters. The molecule has 0 aliphatic rings. The van der Waals surface area contributed by atoms with Crippen molar-refractivity contribution in [3.05, 3.63) is 72.4 Å². The van der Waals surface area contributed by atoms with Crippen LogP contribution in [0.2, 0.25) is 0 Å². The number of nitrogens with zero attached hydrogens (tertiary/aromatic N) is 4. The zero-order valence-electron chi connectivity index (χ0n) is 13.3. The van der Waals surface area contributed by atoms with Crippen LogP contribution in [0.1, 0.15) is 11.3 Å². The summed E-state index contributed by atoms with van der Waals surface area (Å²) >= 11 is 0. The van der Waals surface area contributed by atoms with E-state index in [2.05, 4.69) is 25.3 Å². The maximum Gasteiger partial charge on any atom is 0.140 e. The lowest BCUT2D eigenvalue weighted by Gasteiger charge is -2.09. The van der Waals surface area contributed by atoms with Crippen molar-refractivity contribution in [2.75, 3.05) is 5.32 Å². The molecule has 120 valence electrons. The first-order valence-corrected chi connectivity index (χ1v) is 7.81. The van der Waals surface area contributed by atoms with E-state index in [9.17, 15) is 0 Å². The average molecular weight is 326 g/mol. The Hall–Kier alpha value is -3.72. The van der Waals surface area contributed by atoms with Crippen LogP contribution in [0.5, 0.6) is 0 Å². The maximum absolute atomic E-state index is 8.92. The summed E-state index contributed by atoms with van der Waals surface area (Å²) in [6.45, 7) is 0.637. The number of rotatable bonds is 4. The maximum atomic E-state index is 8.92. The van der Waals surface area contributed by atoms with E-state index < -0.39 is 0 Å². The highest BCUT2D eigenvalue weighted by Crippen LogP contribution is 2.29. The van der Waals surface area contributed by atoms with Crippen molar-refractivity contribution >= 4 is 16.9 Å². The Morgan fingerprint density at radius 1 is 1.16 bits per heavy atom. The summed E-state index contributed by atoms with van der Waals surface area (Å²) in [5.41, 5.74) is 4.23. The molecule has 2 N–H and O–H groups in total. The van der Waals surface area contributed by atoms with Gasteiger partial charge in [-0.2, -0.15) is 5.26 Å². The molecule has 25 heavy (non-hydrogen) atoms. The number of pyridine rings is 3. The van der Waals surface area contributed by atoms with Gasteiger partial charge >= 0.3 is 0 Å². The van der Waals surface area contributed by atoms with Crippen LogP contribution in [-0.2, 0) is 6.54 Å². The molecule has 0 fully saturated rings. The Morgan fingerprint density at radius 3 is 2.88 bits per heavy atom. The van der Waals surface area contributed by atoms with Crippen molar-refractivity contribution in [2.45, 2.75) is 6.54 Å². The summed E-state index contributed by atoms with van der Waals surface area (Å²) in [5, 5.41) is 13.3. The van der Waals surface area contributed by atoms with Gasteiger partial charge in [-0.05, 0) is 41.5 Å². The molecular formula is C19H14N6. The van der Waals surface area contributed by atoms with Gasteiger partial charge in [-0.3, -0.25) is 4.98 Å². The Labute approximate surface area is 144 Å². The van der Waals surface area contributed by atoms with Crippen molar-refractivity contribution in [3.63, 3.8) is 0 Å². The fraction of sp³-hybridized carbons (Fsp3) is 0.0526. The normalized spacial score (nSPS) is 10.5. The standard InChI is InChI=1S/C19H14N6/c20-9-15-4-3-14(12-23-15)17-8-18(25-19-16(17)5-7-22-19)24-11-13-2-1-6-21-10-13/h1-8,10,12H,11H2,(H2,22,24,25). The Kier molecular flexibility index (Phi) is 3.81. The second kappa shape index (κ2) is 6.42. The van der Waals surface area contributed by atoms with Gasteiger partial charge in [-0.1, -0.05) is 6.07 Å². The molecule has 4 heterocycles. The van der Waals surface area contributed by atoms with Gasteiger partial charge in [-0.25, -0.2) is 9.97 Å². The summed E-state index contributed by atoms with van der Waals surface area (Å²) in [7, 11) is 0. The van der Waals surface area contributed by atoms with Crippen LogP contribution in [0.15, 0.2) is 61.2 Å². The Bertz CT molecular complexity index is 1040. The quantitative estimate of drug-likeness (QED) is 0.599. The SMILES string of the molecule is N#Cc1ccc(-c2cc(NCc3cccnc3)nc3[nH]ccc23)cn1. The molecule has 0 radical (unpaired) electrons. The molecular weight excluding hydrogens is 312 g/mol. The lowest BCUT2D eigenvalue weighted by Crippen LogP contribution is -2.02. The largest absolute Gasteiger partial charge is 0.366 e. The summed E-state index contributed by atoms with van der Waals surface area (Å²) in [6, 6.07) is 13.6.